The van der Waals surface area contributed by atoms with Crippen LogP contribution in [0.25, 0.3) is 0 Å². The molecule has 0 unspecified atom stereocenters. The van der Waals surface area contributed by atoms with Crippen LogP contribution in [0.1, 0.15) is 61.5 Å². The number of nitrogens with one attached hydrogen (secondary N) is 10. The number of likely N-dealkylation sites (tertiary alicyclic amines) is 1. The number of hydrogen-bond acceptors (Lipinski definition) is 15. The number of H-pyrrole nitrogens is 2. The number of imidazole rings is 2. The van der Waals surface area contributed by atoms with E-state index in [1.165, 1.54) is 36.9 Å². The molecule has 4 aromatic rings. The van der Waals surface area contributed by atoms with E-state index in [1.54, 1.807) is 60.7 Å². The number of aromatic nitrogens is 4. The summed E-state index contributed by atoms with van der Waals surface area (Å²) in [5.41, 5.74) is 18.7. The van der Waals surface area contributed by atoms with Crippen LogP contribution in [0, 0.1) is 0 Å². The van der Waals surface area contributed by atoms with Gasteiger partial charge < -0.3 is 84.8 Å². The summed E-state index contributed by atoms with van der Waals surface area (Å²) in [6, 6.07) is 6.23. The highest BCUT2D eigenvalue weighted by Crippen LogP contribution is 2.18. The van der Waals surface area contributed by atoms with Gasteiger partial charge in [0.15, 0.2) is 5.96 Å². The summed E-state index contributed by atoms with van der Waals surface area (Å²) in [6.45, 7) is 0.563. The Balaban J connectivity index is 1.18. The van der Waals surface area contributed by atoms with E-state index in [0.29, 0.717) is 35.4 Å². The average molecular weight is 1140 g/mol. The lowest BCUT2D eigenvalue weighted by Gasteiger charge is -2.27. The molecule has 2 aromatic carbocycles. The van der Waals surface area contributed by atoms with Crippen LogP contribution < -0.4 is 59.7 Å². The van der Waals surface area contributed by atoms with E-state index in [4.69, 9.17) is 17.2 Å². The maximum absolute atomic E-state index is 14.2. The molecule has 1 fully saturated rings. The number of aromatic amines is 2. The third kappa shape index (κ3) is 20.8. The summed E-state index contributed by atoms with van der Waals surface area (Å²) < 4.78 is 0. The number of aliphatic carboxylic acids is 2. The fourth-order valence-corrected chi connectivity index (χ4v) is 8.53. The lowest BCUT2D eigenvalue weighted by Crippen LogP contribution is -2.60. The third-order valence-electron chi connectivity index (χ3n) is 12.8. The number of carbonyl (C=O) groups excluding carboxylic acids is 9. The van der Waals surface area contributed by atoms with Crippen LogP contribution in [-0.2, 0) is 78.4 Å². The van der Waals surface area contributed by atoms with Gasteiger partial charge in [0.2, 0.25) is 53.2 Å². The zero-order valence-electron chi connectivity index (χ0n) is 44.8. The lowest BCUT2D eigenvalue weighted by atomic mass is 10.0. The Morgan fingerprint density at radius 2 is 1.16 bits per heavy atom. The van der Waals surface area contributed by atoms with Crippen molar-refractivity contribution in [3.63, 3.8) is 0 Å². The predicted molar refractivity (Wildman–Crippen MR) is 291 cm³/mol. The lowest BCUT2D eigenvalue weighted by molar-refractivity contribution is -0.143. The Bertz CT molecular complexity index is 2850. The summed E-state index contributed by atoms with van der Waals surface area (Å²) in [4.78, 5) is 165. The van der Waals surface area contributed by atoms with Crippen LogP contribution >= 0.6 is 0 Å². The molecule has 18 N–H and O–H groups in total. The molecule has 0 saturated carbocycles. The van der Waals surface area contributed by atoms with Crippen molar-refractivity contribution in [2.75, 3.05) is 26.2 Å². The van der Waals surface area contributed by atoms with Crippen molar-refractivity contribution in [3.8, 4) is 0 Å². The first-order chi connectivity index (χ1) is 39.2. The topological polar surface area (TPSA) is 475 Å². The van der Waals surface area contributed by atoms with Crippen molar-refractivity contribution in [2.24, 2.45) is 22.2 Å². The molecule has 1 aliphatic rings. The van der Waals surface area contributed by atoms with Crippen LogP contribution in [0.2, 0.25) is 0 Å². The van der Waals surface area contributed by atoms with Gasteiger partial charge in [0.05, 0.1) is 38.2 Å². The summed E-state index contributed by atoms with van der Waals surface area (Å²) >= 11 is 0. The van der Waals surface area contributed by atoms with Crippen LogP contribution in [0.15, 0.2) is 90.7 Å². The maximum Gasteiger partial charge on any atom is 0.326 e. The van der Waals surface area contributed by atoms with Crippen molar-refractivity contribution in [1.29, 1.82) is 0 Å². The number of hydrogen-bond donors (Lipinski definition) is 15. The number of carbonyl (C=O) groups is 11. The molecule has 30 nitrogen and oxygen atoms in total. The van der Waals surface area contributed by atoms with E-state index < -0.39 is 133 Å². The highest BCUT2D eigenvalue weighted by Gasteiger charge is 2.37. The van der Waals surface area contributed by atoms with E-state index in [1.807, 2.05) is 0 Å². The number of amides is 9. The number of carboxylic acid groups (broad SMARTS) is 2. The monoisotopic (exact) mass is 1140 g/mol. The Kier molecular flexibility index (Phi) is 24.4. The number of aliphatic imine (C=N–C) groups is 1. The quantitative estimate of drug-likeness (QED) is 0.0124. The minimum atomic E-state index is -1.82. The molecular weight excluding hydrogens is 1070 g/mol. The Labute approximate surface area is 469 Å². The van der Waals surface area contributed by atoms with Crippen molar-refractivity contribution in [2.45, 2.75) is 113 Å². The first-order valence-electron chi connectivity index (χ1n) is 26.1. The van der Waals surface area contributed by atoms with Crippen LogP contribution in [0.3, 0.4) is 0 Å². The molecular formula is C52H69N17O13. The molecule has 0 spiro atoms. The molecule has 440 valence electrons. The molecule has 1 aliphatic heterocycles. The van der Waals surface area contributed by atoms with Crippen molar-refractivity contribution >= 4 is 71.1 Å². The van der Waals surface area contributed by atoms with Gasteiger partial charge in [-0.05, 0) is 43.7 Å². The molecule has 3 heterocycles. The van der Waals surface area contributed by atoms with Gasteiger partial charge in [-0.3, -0.25) is 52.9 Å². The number of carboxylic acids is 2. The van der Waals surface area contributed by atoms with Crippen molar-refractivity contribution in [3.05, 3.63) is 108 Å². The molecule has 8 atom stereocenters. The smallest absolute Gasteiger partial charge is 0.326 e. The van der Waals surface area contributed by atoms with Gasteiger partial charge in [0.1, 0.15) is 42.3 Å². The Morgan fingerprint density at radius 3 is 1.71 bits per heavy atom. The van der Waals surface area contributed by atoms with Crippen LogP contribution in [-0.4, -0.2) is 181 Å². The van der Waals surface area contributed by atoms with Gasteiger partial charge >= 0.3 is 11.9 Å². The number of rotatable bonds is 32. The molecule has 82 heavy (non-hydrogen) atoms. The van der Waals surface area contributed by atoms with Gasteiger partial charge in [-0.2, -0.15) is 0 Å². The van der Waals surface area contributed by atoms with E-state index in [9.17, 15) is 63.0 Å². The first-order valence-corrected chi connectivity index (χ1v) is 26.1. The highest BCUT2D eigenvalue weighted by atomic mass is 16.4. The molecule has 2 aromatic heterocycles. The van der Waals surface area contributed by atoms with Crippen LogP contribution in [0.5, 0.6) is 0 Å². The Morgan fingerprint density at radius 1 is 0.646 bits per heavy atom. The average Bonchev–Trinajstić information content (AvgIpc) is 4.32. The minimum Gasteiger partial charge on any atom is -0.481 e. The van der Waals surface area contributed by atoms with Gasteiger partial charge in [-0.15, -0.1) is 0 Å². The number of nitrogens with zero attached hydrogens (tertiary/aromatic N) is 4. The molecule has 5 rings (SSSR count). The number of guanidine groups is 1. The Hall–Kier alpha value is -9.74. The van der Waals surface area contributed by atoms with Crippen molar-refractivity contribution < 1.29 is 63.0 Å². The first kappa shape index (κ1) is 63.1. The second-order valence-corrected chi connectivity index (χ2v) is 19.2. The molecule has 9 amide bonds. The predicted octanol–water partition coefficient (Wildman–Crippen LogP) is -4.50. The fraction of sp³-hybridized carbons (Fsp3) is 0.423. The minimum absolute atomic E-state index is 0.0635. The van der Waals surface area contributed by atoms with Gasteiger partial charge in [0, 0.05) is 62.6 Å². The SMILES string of the molecule is C[C@H](NC(=O)[C@@H]1CCCN1C(=O)CNC(=O)CNC(=O)[C@H](Cc1ccccc1)NC(=O)[C@@H](N)CCCN=C(N)N)C(=O)N[C@@H](Cc1cnc[nH]1)C(=O)N[C@@H](Cc1ccccc1)C(=O)N[C@@H](CC(=O)O)C(=O)N[C@@H](Cc1cnc[nH]1)C(=O)O. The molecule has 0 radical (unpaired) electrons. The summed E-state index contributed by atoms with van der Waals surface area (Å²) in [7, 11) is 0. The zero-order valence-corrected chi connectivity index (χ0v) is 44.8. The zero-order chi connectivity index (χ0) is 59.7. The number of nitrogens with two attached hydrogens (primary N) is 3. The maximum atomic E-state index is 14.2. The highest BCUT2D eigenvalue weighted by molar-refractivity contribution is 5.98. The van der Waals surface area contributed by atoms with E-state index in [0.717, 1.165) is 0 Å². The molecule has 0 aliphatic carbocycles. The van der Waals surface area contributed by atoms with Crippen molar-refractivity contribution in [1.82, 2.24) is 67.4 Å². The summed E-state index contributed by atoms with van der Waals surface area (Å²) in [6.07, 6.45) is 4.93. The third-order valence-corrected chi connectivity index (χ3v) is 12.8. The van der Waals surface area contributed by atoms with E-state index >= 15 is 0 Å². The molecule has 30 heteroatoms. The molecule has 1 saturated heterocycles. The van der Waals surface area contributed by atoms with Gasteiger partial charge in [0.25, 0.3) is 0 Å². The fourth-order valence-electron chi connectivity index (χ4n) is 8.53. The van der Waals surface area contributed by atoms with E-state index in [-0.39, 0.29) is 57.6 Å². The summed E-state index contributed by atoms with van der Waals surface area (Å²) in [5.74, 6) is -10.5. The van der Waals surface area contributed by atoms with Gasteiger partial charge in [-0.25, -0.2) is 14.8 Å². The second-order valence-electron chi connectivity index (χ2n) is 19.2. The van der Waals surface area contributed by atoms with Crippen LogP contribution in [0.4, 0.5) is 0 Å². The van der Waals surface area contributed by atoms with E-state index in [2.05, 4.69) is 67.5 Å². The largest absolute Gasteiger partial charge is 0.481 e. The van der Waals surface area contributed by atoms with Gasteiger partial charge in [-0.1, -0.05) is 60.7 Å². The normalized spacial score (nSPS) is 15.3. The number of benzene rings is 2. The standard InChI is InChI=1S/C52H69N17O13/c1-29(63-50(80)40-15-9-17-69(40)42(71)26-59-41(70)25-60-46(76)35(18-30-10-4-2-5-11-30)65-45(75)34(53)14-8-16-58-52(54)55)44(74)64-37(20-32-23-56-27-61-32)48(78)66-36(19-31-12-6-3-7-13-31)47(77)67-38(22-43(72)73)49(79)68-39(51(81)82)21-33-24-57-28-62-33/h2-7,10-13,23-24,27-29,34-40H,8-9,14-22,25-26,53H2,1H3,(H,56,61)(H,57,62)(H,59,70)(H,60,76)(H,63,80)(H,64,74)(H,65,75)(H,66,78)(H,67,77)(H,68,79)(H,72,73)(H,81,82)(H4,54,55,58)/t29-,34-,35-,36-,37-,38-,39-,40-/m0/s1. The summed E-state index contributed by atoms with van der Waals surface area (Å²) in [5, 5.41) is 39.4. The second kappa shape index (κ2) is 31.7. The molecule has 0 bridgehead atoms.